The molecule has 3 saturated carbocycles. The van der Waals surface area contributed by atoms with Crippen molar-refractivity contribution >= 4 is 17.7 Å². The van der Waals surface area contributed by atoms with Crippen LogP contribution in [0.15, 0.2) is 42.0 Å². The Bertz CT molecular complexity index is 1260. The molecule has 2 N–H and O–H groups in total. The summed E-state index contributed by atoms with van der Waals surface area (Å²) in [5.41, 5.74) is -1.40. The van der Waals surface area contributed by atoms with Crippen molar-refractivity contribution in [1.82, 2.24) is 0 Å². The number of aliphatic hydroxyl groups is 2. The van der Waals surface area contributed by atoms with Crippen LogP contribution >= 0.6 is 0 Å². The molecule has 9 atom stereocenters. The van der Waals surface area contributed by atoms with E-state index in [4.69, 9.17) is 9.47 Å². The second-order valence-corrected chi connectivity index (χ2v) is 15.1. The van der Waals surface area contributed by atoms with Crippen LogP contribution in [0.1, 0.15) is 110 Å². The summed E-state index contributed by atoms with van der Waals surface area (Å²) in [6, 6.07) is 8.99. The van der Waals surface area contributed by atoms with Gasteiger partial charge in [-0.2, -0.15) is 0 Å². The molecular formula is C36H50O7. The molecule has 0 bridgehead atoms. The summed E-state index contributed by atoms with van der Waals surface area (Å²) in [5, 5.41) is 23.2. The third kappa shape index (κ3) is 5.72. The van der Waals surface area contributed by atoms with Crippen LogP contribution < -0.4 is 0 Å². The van der Waals surface area contributed by atoms with Gasteiger partial charge in [-0.05, 0) is 119 Å². The van der Waals surface area contributed by atoms with E-state index in [0.29, 0.717) is 31.2 Å². The largest absolute Gasteiger partial charge is 0.463 e. The summed E-state index contributed by atoms with van der Waals surface area (Å²) < 4.78 is 11.7. The molecular weight excluding hydrogens is 544 g/mol. The molecule has 7 heteroatoms. The van der Waals surface area contributed by atoms with Crippen LogP contribution in [0.25, 0.3) is 0 Å². The van der Waals surface area contributed by atoms with Gasteiger partial charge in [0.1, 0.15) is 12.2 Å². The maximum atomic E-state index is 13.7. The lowest BCUT2D eigenvalue weighted by atomic mass is 9.46. The van der Waals surface area contributed by atoms with Crippen molar-refractivity contribution in [3.8, 4) is 0 Å². The molecule has 4 aliphatic rings. The van der Waals surface area contributed by atoms with E-state index >= 15 is 0 Å². The van der Waals surface area contributed by atoms with Crippen LogP contribution in [0, 0.1) is 34.5 Å². The summed E-state index contributed by atoms with van der Waals surface area (Å²) in [6.07, 6.45) is 7.16. The van der Waals surface area contributed by atoms with Crippen LogP contribution in [-0.4, -0.2) is 51.3 Å². The average Bonchev–Trinajstić information content (AvgIpc) is 3.22. The van der Waals surface area contributed by atoms with Gasteiger partial charge in [0.25, 0.3) is 0 Å². The number of carbonyl (C=O) groups excluding carboxylic acids is 3. The zero-order valence-corrected chi connectivity index (χ0v) is 26.7. The Labute approximate surface area is 256 Å². The lowest BCUT2D eigenvalue weighted by Crippen LogP contribution is -2.59. The number of ketones is 1. The molecule has 7 nitrogen and oxygen atoms in total. The number of benzene rings is 1. The number of carbonyl (C=O) groups is 3. The zero-order valence-electron chi connectivity index (χ0n) is 26.7. The average molecular weight is 595 g/mol. The van der Waals surface area contributed by atoms with Crippen LogP contribution in [0.5, 0.6) is 0 Å². The van der Waals surface area contributed by atoms with Gasteiger partial charge in [-0.25, -0.2) is 4.79 Å². The van der Waals surface area contributed by atoms with Crippen molar-refractivity contribution in [3.63, 3.8) is 0 Å². The Hall–Kier alpha value is -2.51. The molecule has 4 aliphatic carbocycles. The SMILES string of the molecule is CC(=O)OC1CCC2(C)C(C1)C(=O)C=C1C2CCC2(C)C(C(C)C(CCC(C)(C)O)OC(=O)c3ccccc3)CCC12O. The normalized spacial score (nSPS) is 36.8. The lowest BCUT2D eigenvalue weighted by Gasteiger charge is -2.60. The minimum Gasteiger partial charge on any atom is -0.463 e. The number of hydrogen-bond donors (Lipinski definition) is 2. The van der Waals surface area contributed by atoms with Crippen molar-refractivity contribution < 1.29 is 34.1 Å². The molecule has 1 aromatic rings. The number of allylic oxidation sites excluding steroid dienone is 1. The Kier molecular flexibility index (Phi) is 8.49. The van der Waals surface area contributed by atoms with E-state index < -0.39 is 22.7 Å². The summed E-state index contributed by atoms with van der Waals surface area (Å²) in [6.45, 7) is 11.4. The maximum Gasteiger partial charge on any atom is 0.338 e. The van der Waals surface area contributed by atoms with Crippen molar-refractivity contribution in [1.29, 1.82) is 0 Å². The van der Waals surface area contributed by atoms with Crippen molar-refractivity contribution in [3.05, 3.63) is 47.5 Å². The van der Waals surface area contributed by atoms with Gasteiger partial charge < -0.3 is 19.7 Å². The number of fused-ring (bicyclic) bond motifs is 5. The standard InChI is InChI=1S/C36H50O7/c1-22(31(15-16-33(3,4)40)43-32(39)24-10-8-7-9-11-24)26-14-19-36(41)28-21-30(38)29-20-25(42-23(2)37)12-17-34(29,5)27(28)13-18-35(26,36)6/h7-11,21-22,25-27,29,31,40-41H,12-20H2,1-6H3. The second kappa shape index (κ2) is 11.4. The molecule has 0 aliphatic heterocycles. The summed E-state index contributed by atoms with van der Waals surface area (Å²) >= 11 is 0. The first-order valence-electron chi connectivity index (χ1n) is 16.2. The van der Waals surface area contributed by atoms with Gasteiger partial charge in [0.2, 0.25) is 0 Å². The number of hydrogen-bond acceptors (Lipinski definition) is 7. The molecule has 3 fully saturated rings. The highest BCUT2D eigenvalue weighted by molar-refractivity contribution is 5.95. The smallest absolute Gasteiger partial charge is 0.338 e. The monoisotopic (exact) mass is 594 g/mol. The first-order chi connectivity index (χ1) is 20.1. The molecule has 0 radical (unpaired) electrons. The van der Waals surface area contributed by atoms with Gasteiger partial charge in [0.05, 0.1) is 16.8 Å². The molecule has 0 amide bonds. The Morgan fingerprint density at radius 3 is 2.40 bits per heavy atom. The lowest BCUT2D eigenvalue weighted by molar-refractivity contribution is -0.158. The van der Waals surface area contributed by atoms with E-state index in [2.05, 4.69) is 20.8 Å². The van der Waals surface area contributed by atoms with E-state index in [9.17, 15) is 24.6 Å². The number of rotatable bonds is 8. The van der Waals surface area contributed by atoms with E-state index in [0.717, 1.165) is 37.7 Å². The van der Waals surface area contributed by atoms with Gasteiger partial charge in [0.15, 0.2) is 5.78 Å². The third-order valence-electron chi connectivity index (χ3n) is 12.0. The van der Waals surface area contributed by atoms with E-state index in [1.165, 1.54) is 6.92 Å². The van der Waals surface area contributed by atoms with Crippen LogP contribution in [0.4, 0.5) is 0 Å². The van der Waals surface area contributed by atoms with Gasteiger partial charge in [-0.15, -0.1) is 0 Å². The highest BCUT2D eigenvalue weighted by Crippen LogP contribution is 2.68. The zero-order chi connectivity index (χ0) is 31.4. The minimum absolute atomic E-state index is 0.0413. The highest BCUT2D eigenvalue weighted by atomic mass is 16.5. The Morgan fingerprint density at radius 2 is 1.74 bits per heavy atom. The Balaban J connectivity index is 1.41. The van der Waals surface area contributed by atoms with Gasteiger partial charge in [-0.1, -0.05) is 39.0 Å². The molecule has 43 heavy (non-hydrogen) atoms. The summed E-state index contributed by atoms with van der Waals surface area (Å²) in [5.74, 6) is -0.756. The fourth-order valence-corrected chi connectivity index (χ4v) is 9.49. The minimum atomic E-state index is -1.12. The molecule has 1 aromatic carbocycles. The van der Waals surface area contributed by atoms with Gasteiger partial charge in [0, 0.05) is 18.3 Å². The topological polar surface area (TPSA) is 110 Å². The molecule has 0 heterocycles. The summed E-state index contributed by atoms with van der Waals surface area (Å²) in [7, 11) is 0. The highest BCUT2D eigenvalue weighted by Gasteiger charge is 2.67. The molecule has 0 spiro atoms. The molecule has 9 unspecified atom stereocenters. The number of esters is 2. The van der Waals surface area contributed by atoms with Gasteiger partial charge in [-0.3, -0.25) is 9.59 Å². The number of ether oxygens (including phenoxy) is 2. The van der Waals surface area contributed by atoms with E-state index in [-0.39, 0.29) is 52.9 Å². The maximum absolute atomic E-state index is 13.7. The van der Waals surface area contributed by atoms with Crippen LogP contribution in [-0.2, 0) is 19.1 Å². The Morgan fingerprint density at radius 1 is 1.05 bits per heavy atom. The fraction of sp³-hybridized carbons (Fsp3) is 0.694. The van der Waals surface area contributed by atoms with Crippen molar-refractivity contribution in [2.75, 3.05) is 0 Å². The second-order valence-electron chi connectivity index (χ2n) is 15.1. The first kappa shape index (κ1) is 31.9. The van der Waals surface area contributed by atoms with Crippen molar-refractivity contribution in [2.45, 2.75) is 123 Å². The predicted octanol–water partition coefficient (Wildman–Crippen LogP) is 6.20. The van der Waals surface area contributed by atoms with Gasteiger partial charge >= 0.3 is 11.9 Å². The molecule has 0 aromatic heterocycles. The molecule has 236 valence electrons. The van der Waals surface area contributed by atoms with E-state index in [1.54, 1.807) is 32.1 Å². The van der Waals surface area contributed by atoms with Crippen LogP contribution in [0.3, 0.4) is 0 Å². The van der Waals surface area contributed by atoms with Crippen LogP contribution in [0.2, 0.25) is 0 Å². The van der Waals surface area contributed by atoms with E-state index in [1.807, 2.05) is 18.2 Å². The quantitative estimate of drug-likeness (QED) is 0.345. The predicted molar refractivity (Wildman–Crippen MR) is 163 cm³/mol. The molecule has 0 saturated heterocycles. The fourth-order valence-electron chi connectivity index (χ4n) is 9.49. The molecule has 5 rings (SSSR count). The van der Waals surface area contributed by atoms with Crippen molar-refractivity contribution in [2.24, 2.45) is 34.5 Å². The first-order valence-corrected chi connectivity index (χ1v) is 16.2. The summed E-state index contributed by atoms with van der Waals surface area (Å²) in [4.78, 5) is 38.5. The third-order valence-corrected chi connectivity index (χ3v) is 12.0.